The number of pyridine rings is 1. The number of thiophene rings is 1. The van der Waals surface area contributed by atoms with Gasteiger partial charge < -0.3 is 5.32 Å². The summed E-state index contributed by atoms with van der Waals surface area (Å²) in [6.45, 7) is -1.37. The van der Waals surface area contributed by atoms with E-state index in [9.17, 15) is 18.0 Å². The Bertz CT molecular complexity index is 1140. The van der Waals surface area contributed by atoms with Crippen molar-refractivity contribution in [3.63, 3.8) is 0 Å². The zero-order valence-corrected chi connectivity index (χ0v) is 15.0. The van der Waals surface area contributed by atoms with E-state index in [1.165, 1.54) is 6.07 Å². The molecule has 10 heteroatoms. The first-order valence-electron chi connectivity index (χ1n) is 8.08. The first-order chi connectivity index (χ1) is 13.4. The van der Waals surface area contributed by atoms with Crippen LogP contribution in [0.1, 0.15) is 9.67 Å². The van der Waals surface area contributed by atoms with Gasteiger partial charge in [-0.3, -0.25) is 9.78 Å². The van der Waals surface area contributed by atoms with E-state index in [-0.39, 0.29) is 4.88 Å². The van der Waals surface area contributed by atoms with E-state index in [1.54, 1.807) is 34.7 Å². The van der Waals surface area contributed by atoms with E-state index in [4.69, 9.17) is 0 Å². The van der Waals surface area contributed by atoms with Crippen LogP contribution < -0.4 is 5.32 Å². The molecule has 0 bridgehead atoms. The van der Waals surface area contributed by atoms with Crippen LogP contribution >= 0.6 is 11.3 Å². The molecular formula is C18H12F3N5OS. The van der Waals surface area contributed by atoms with Gasteiger partial charge in [-0.1, -0.05) is 6.07 Å². The van der Waals surface area contributed by atoms with Crippen molar-refractivity contribution < 1.29 is 18.0 Å². The molecule has 0 aromatic carbocycles. The SMILES string of the molecule is O=C(NCC(F)(F)F)c1cc(-c2cnn3cc(-c4cccnc4)cnc23)cs1. The number of fused-ring (bicyclic) bond motifs is 1. The number of halogens is 3. The molecule has 0 aliphatic heterocycles. The van der Waals surface area contributed by atoms with Crippen LogP contribution in [0.3, 0.4) is 0 Å². The molecule has 0 spiro atoms. The second kappa shape index (κ2) is 7.04. The molecule has 0 atom stereocenters. The number of carbonyl (C=O) groups excluding carboxylic acids is 1. The van der Waals surface area contributed by atoms with E-state index in [1.807, 2.05) is 23.6 Å². The molecule has 0 saturated heterocycles. The van der Waals surface area contributed by atoms with Crippen molar-refractivity contribution in [3.05, 3.63) is 59.4 Å². The lowest BCUT2D eigenvalue weighted by Gasteiger charge is -2.06. The number of hydrogen-bond donors (Lipinski definition) is 1. The van der Waals surface area contributed by atoms with E-state index in [0.29, 0.717) is 16.8 Å². The number of hydrogen-bond acceptors (Lipinski definition) is 5. The minimum absolute atomic E-state index is 0.186. The summed E-state index contributed by atoms with van der Waals surface area (Å²) in [7, 11) is 0. The molecule has 0 saturated carbocycles. The number of nitrogens with one attached hydrogen (secondary N) is 1. The predicted octanol–water partition coefficient (Wildman–Crippen LogP) is 3.81. The molecule has 4 aromatic rings. The highest BCUT2D eigenvalue weighted by molar-refractivity contribution is 7.12. The van der Waals surface area contributed by atoms with Gasteiger partial charge in [0.1, 0.15) is 6.54 Å². The van der Waals surface area contributed by atoms with Crippen LogP contribution in [-0.4, -0.2) is 38.2 Å². The van der Waals surface area contributed by atoms with Crippen molar-refractivity contribution >= 4 is 22.9 Å². The van der Waals surface area contributed by atoms with Gasteiger partial charge in [0.25, 0.3) is 5.91 Å². The Labute approximate surface area is 160 Å². The highest BCUT2D eigenvalue weighted by Crippen LogP contribution is 2.29. The molecule has 142 valence electrons. The van der Waals surface area contributed by atoms with Crippen LogP contribution in [0.25, 0.3) is 27.9 Å². The molecule has 0 unspecified atom stereocenters. The van der Waals surface area contributed by atoms with E-state index in [0.717, 1.165) is 22.5 Å². The number of aromatic nitrogens is 4. The maximum atomic E-state index is 12.3. The number of alkyl halides is 3. The van der Waals surface area contributed by atoms with Crippen LogP contribution in [0.5, 0.6) is 0 Å². The van der Waals surface area contributed by atoms with Crippen molar-refractivity contribution in [2.24, 2.45) is 0 Å². The molecule has 0 radical (unpaired) electrons. The highest BCUT2D eigenvalue weighted by Gasteiger charge is 2.28. The van der Waals surface area contributed by atoms with Gasteiger partial charge in [-0.2, -0.15) is 18.3 Å². The topological polar surface area (TPSA) is 72.2 Å². The third-order valence-electron chi connectivity index (χ3n) is 3.93. The normalized spacial score (nSPS) is 11.7. The molecular weight excluding hydrogens is 391 g/mol. The van der Waals surface area contributed by atoms with Crippen molar-refractivity contribution in [3.8, 4) is 22.3 Å². The average molecular weight is 403 g/mol. The van der Waals surface area contributed by atoms with Crippen LogP contribution in [-0.2, 0) is 0 Å². The van der Waals surface area contributed by atoms with Crippen molar-refractivity contribution in [1.82, 2.24) is 24.9 Å². The minimum atomic E-state index is -4.45. The fourth-order valence-corrected chi connectivity index (χ4v) is 3.45. The van der Waals surface area contributed by atoms with E-state index in [2.05, 4.69) is 15.1 Å². The summed E-state index contributed by atoms with van der Waals surface area (Å²) in [5.74, 6) is -0.767. The van der Waals surface area contributed by atoms with E-state index < -0.39 is 18.6 Å². The number of nitrogens with zero attached hydrogens (tertiary/aromatic N) is 4. The number of rotatable bonds is 4. The summed E-state index contributed by atoms with van der Waals surface area (Å²) < 4.78 is 38.4. The van der Waals surface area contributed by atoms with Crippen LogP contribution in [0, 0.1) is 0 Å². The van der Waals surface area contributed by atoms with Crippen LogP contribution in [0.15, 0.2) is 54.6 Å². The lowest BCUT2D eigenvalue weighted by molar-refractivity contribution is -0.123. The molecule has 4 aromatic heterocycles. The third-order valence-corrected chi connectivity index (χ3v) is 4.86. The summed E-state index contributed by atoms with van der Waals surface area (Å²) in [4.78, 5) is 20.6. The van der Waals surface area contributed by atoms with Gasteiger partial charge in [0.05, 0.1) is 11.1 Å². The molecule has 4 heterocycles. The van der Waals surface area contributed by atoms with Crippen molar-refractivity contribution in [2.75, 3.05) is 6.54 Å². The molecule has 28 heavy (non-hydrogen) atoms. The zero-order chi connectivity index (χ0) is 19.7. The Hall–Kier alpha value is -3.27. The smallest absolute Gasteiger partial charge is 0.342 e. The molecule has 1 N–H and O–H groups in total. The van der Waals surface area contributed by atoms with Crippen LogP contribution in [0.4, 0.5) is 13.2 Å². The largest absolute Gasteiger partial charge is 0.405 e. The Balaban J connectivity index is 1.60. The molecule has 0 aliphatic rings. The second-order valence-corrected chi connectivity index (χ2v) is 6.82. The van der Waals surface area contributed by atoms with Crippen molar-refractivity contribution in [2.45, 2.75) is 6.18 Å². The molecule has 0 aliphatic carbocycles. The van der Waals surface area contributed by atoms with Gasteiger partial charge in [0.2, 0.25) is 0 Å². The maximum absolute atomic E-state index is 12.3. The molecule has 1 amide bonds. The van der Waals surface area contributed by atoms with Gasteiger partial charge in [-0.25, -0.2) is 9.50 Å². The summed E-state index contributed by atoms with van der Waals surface area (Å²) >= 11 is 1.06. The quantitative estimate of drug-likeness (QED) is 0.562. The van der Waals surface area contributed by atoms with Gasteiger partial charge in [0, 0.05) is 41.5 Å². The monoisotopic (exact) mass is 403 g/mol. The number of amides is 1. The van der Waals surface area contributed by atoms with Gasteiger partial charge in [-0.15, -0.1) is 11.3 Å². The second-order valence-electron chi connectivity index (χ2n) is 5.91. The Morgan fingerprint density at radius 3 is 2.79 bits per heavy atom. The van der Waals surface area contributed by atoms with Gasteiger partial charge in [-0.05, 0) is 23.1 Å². The van der Waals surface area contributed by atoms with Gasteiger partial charge in [0.15, 0.2) is 5.65 Å². The minimum Gasteiger partial charge on any atom is -0.342 e. The summed E-state index contributed by atoms with van der Waals surface area (Å²) in [6, 6.07) is 5.26. The maximum Gasteiger partial charge on any atom is 0.405 e. The highest BCUT2D eigenvalue weighted by atomic mass is 32.1. The number of carbonyl (C=O) groups is 1. The lowest BCUT2D eigenvalue weighted by Crippen LogP contribution is -2.33. The summed E-state index contributed by atoms with van der Waals surface area (Å²) in [5, 5.41) is 7.85. The first kappa shape index (κ1) is 18.1. The lowest BCUT2D eigenvalue weighted by atomic mass is 10.1. The average Bonchev–Trinajstić information content (AvgIpc) is 3.32. The Morgan fingerprint density at radius 1 is 1.18 bits per heavy atom. The zero-order valence-electron chi connectivity index (χ0n) is 14.1. The molecule has 0 fully saturated rings. The standard InChI is InChI=1S/C18H12F3N5OS/c19-18(20,21)10-24-17(27)15-4-12(9-28-15)14-7-25-26-8-13(6-23-16(14)26)11-2-1-3-22-5-11/h1-9H,10H2,(H,24,27). The van der Waals surface area contributed by atoms with Crippen LogP contribution in [0.2, 0.25) is 0 Å². The molecule has 6 nitrogen and oxygen atoms in total. The van der Waals surface area contributed by atoms with Crippen molar-refractivity contribution in [1.29, 1.82) is 0 Å². The van der Waals surface area contributed by atoms with Gasteiger partial charge >= 0.3 is 6.18 Å². The Kier molecular flexibility index (Phi) is 4.55. The fraction of sp³-hybridized carbons (Fsp3) is 0.111. The third kappa shape index (κ3) is 3.72. The first-order valence-corrected chi connectivity index (χ1v) is 8.96. The van der Waals surface area contributed by atoms with E-state index >= 15 is 0 Å². The molecule has 4 rings (SSSR count). The summed E-state index contributed by atoms with van der Waals surface area (Å²) in [6.07, 6.45) is 4.06. The summed E-state index contributed by atoms with van der Waals surface area (Å²) in [5.41, 5.74) is 3.66. The fourth-order valence-electron chi connectivity index (χ4n) is 2.63. The predicted molar refractivity (Wildman–Crippen MR) is 97.9 cm³/mol. The Morgan fingerprint density at radius 2 is 2.04 bits per heavy atom.